The number of phenols is 1. The molecule has 78 valence electrons. The summed E-state index contributed by atoms with van der Waals surface area (Å²) < 4.78 is 2.91. The summed E-state index contributed by atoms with van der Waals surface area (Å²) in [5.41, 5.74) is 0.755. The van der Waals surface area contributed by atoms with Crippen molar-refractivity contribution in [1.29, 1.82) is 0 Å². The van der Waals surface area contributed by atoms with Crippen molar-refractivity contribution >= 4 is 15.9 Å². The van der Waals surface area contributed by atoms with Gasteiger partial charge < -0.3 is 9.67 Å². The number of aromatic hydroxyl groups is 1. The van der Waals surface area contributed by atoms with Gasteiger partial charge in [-0.3, -0.25) is 0 Å². The first-order chi connectivity index (χ1) is 7.24. The van der Waals surface area contributed by atoms with Crippen molar-refractivity contribution < 1.29 is 5.11 Å². The Hall–Kier alpha value is -1.29. The van der Waals surface area contributed by atoms with E-state index in [1.165, 1.54) is 0 Å². The van der Waals surface area contributed by atoms with E-state index < -0.39 is 0 Å². The number of rotatable bonds is 2. The first-order valence-corrected chi connectivity index (χ1v) is 5.52. The van der Waals surface area contributed by atoms with Gasteiger partial charge in [0.15, 0.2) is 0 Å². The molecule has 1 heterocycles. The Morgan fingerprint density at radius 1 is 1.40 bits per heavy atom. The normalized spacial score (nSPS) is 10.5. The van der Waals surface area contributed by atoms with E-state index in [0.717, 1.165) is 22.5 Å². The quantitative estimate of drug-likeness (QED) is 0.908. The van der Waals surface area contributed by atoms with Gasteiger partial charge in [-0.25, -0.2) is 4.98 Å². The molecule has 0 saturated carbocycles. The van der Waals surface area contributed by atoms with Crippen LogP contribution in [-0.2, 0) is 6.54 Å². The van der Waals surface area contributed by atoms with Gasteiger partial charge in [0.1, 0.15) is 16.2 Å². The van der Waals surface area contributed by atoms with Gasteiger partial charge in [-0.05, 0) is 35.0 Å². The molecule has 3 nitrogen and oxygen atoms in total. The van der Waals surface area contributed by atoms with Crippen molar-refractivity contribution in [2.45, 2.75) is 13.5 Å². The molecule has 0 aliphatic rings. The van der Waals surface area contributed by atoms with E-state index in [-0.39, 0.29) is 5.75 Å². The van der Waals surface area contributed by atoms with E-state index in [4.69, 9.17) is 0 Å². The zero-order valence-electron chi connectivity index (χ0n) is 8.31. The predicted octanol–water partition coefficient (Wildman–Crippen LogP) is 3.04. The number of aromatic nitrogens is 2. The second kappa shape index (κ2) is 4.06. The Labute approximate surface area is 96.5 Å². The van der Waals surface area contributed by atoms with Crippen LogP contribution in [0.25, 0.3) is 11.4 Å². The SMILES string of the molecule is CCn1c(Br)cnc1-c1ccccc1O. The maximum absolute atomic E-state index is 9.72. The summed E-state index contributed by atoms with van der Waals surface area (Å²) >= 11 is 3.42. The van der Waals surface area contributed by atoms with Crippen LogP contribution in [0.2, 0.25) is 0 Å². The van der Waals surface area contributed by atoms with E-state index in [9.17, 15) is 5.11 Å². The molecule has 1 N–H and O–H groups in total. The molecule has 0 aliphatic heterocycles. The lowest BCUT2D eigenvalue weighted by atomic mass is 10.2. The summed E-state index contributed by atoms with van der Waals surface area (Å²) in [5, 5.41) is 9.72. The Morgan fingerprint density at radius 2 is 2.13 bits per heavy atom. The summed E-state index contributed by atoms with van der Waals surface area (Å²) in [6, 6.07) is 7.21. The van der Waals surface area contributed by atoms with Gasteiger partial charge in [-0.15, -0.1) is 0 Å². The van der Waals surface area contributed by atoms with E-state index in [1.54, 1.807) is 18.3 Å². The van der Waals surface area contributed by atoms with E-state index >= 15 is 0 Å². The van der Waals surface area contributed by atoms with Crippen LogP contribution in [0.1, 0.15) is 6.92 Å². The van der Waals surface area contributed by atoms with Crippen molar-refractivity contribution in [3.63, 3.8) is 0 Å². The number of imidazole rings is 1. The van der Waals surface area contributed by atoms with Gasteiger partial charge in [0.25, 0.3) is 0 Å². The molecule has 0 atom stereocenters. The van der Waals surface area contributed by atoms with Gasteiger partial charge in [0.2, 0.25) is 0 Å². The van der Waals surface area contributed by atoms with Gasteiger partial charge in [-0.1, -0.05) is 12.1 Å². The summed E-state index contributed by atoms with van der Waals surface area (Å²) in [5.74, 6) is 1.03. The van der Waals surface area contributed by atoms with E-state index in [1.807, 2.05) is 23.6 Å². The third-order valence-electron chi connectivity index (χ3n) is 2.27. The second-order valence-corrected chi connectivity index (χ2v) is 3.98. The van der Waals surface area contributed by atoms with Crippen LogP contribution < -0.4 is 0 Å². The van der Waals surface area contributed by atoms with Crippen molar-refractivity contribution in [1.82, 2.24) is 9.55 Å². The first kappa shape index (κ1) is 10.2. The minimum absolute atomic E-state index is 0.255. The topological polar surface area (TPSA) is 38.0 Å². The molecule has 2 aromatic rings. The molecule has 0 bridgehead atoms. The maximum Gasteiger partial charge on any atom is 0.144 e. The van der Waals surface area contributed by atoms with Crippen LogP contribution >= 0.6 is 15.9 Å². The largest absolute Gasteiger partial charge is 0.507 e. The molecule has 0 spiro atoms. The lowest BCUT2D eigenvalue weighted by Gasteiger charge is -2.07. The number of hydrogen-bond acceptors (Lipinski definition) is 2. The lowest BCUT2D eigenvalue weighted by molar-refractivity contribution is 0.476. The van der Waals surface area contributed by atoms with Crippen molar-refractivity contribution in [3.8, 4) is 17.1 Å². The summed E-state index contributed by atoms with van der Waals surface area (Å²) in [7, 11) is 0. The second-order valence-electron chi connectivity index (χ2n) is 3.17. The van der Waals surface area contributed by atoms with Crippen LogP contribution in [0.4, 0.5) is 0 Å². The fraction of sp³-hybridized carbons (Fsp3) is 0.182. The van der Waals surface area contributed by atoms with Crippen LogP contribution in [0.5, 0.6) is 5.75 Å². The molecular weight excluding hydrogens is 256 g/mol. The average Bonchev–Trinajstić information content (AvgIpc) is 2.60. The van der Waals surface area contributed by atoms with Crippen LogP contribution in [0.15, 0.2) is 35.1 Å². The molecular formula is C11H11BrN2O. The van der Waals surface area contributed by atoms with Gasteiger partial charge >= 0.3 is 0 Å². The zero-order chi connectivity index (χ0) is 10.8. The Morgan fingerprint density at radius 3 is 2.80 bits per heavy atom. The summed E-state index contributed by atoms with van der Waals surface area (Å²) in [6.45, 7) is 2.85. The molecule has 0 fully saturated rings. The molecule has 15 heavy (non-hydrogen) atoms. The Kier molecular flexibility index (Phi) is 2.77. The van der Waals surface area contributed by atoms with Crippen molar-refractivity contribution in [2.24, 2.45) is 0 Å². The highest BCUT2D eigenvalue weighted by Gasteiger charge is 2.11. The third-order valence-corrected chi connectivity index (χ3v) is 2.90. The standard InChI is InChI=1S/C11H11BrN2O/c1-2-14-10(12)7-13-11(14)8-5-3-4-6-9(8)15/h3-7,15H,2H2,1H3. The molecule has 0 aliphatic carbocycles. The molecule has 1 aromatic heterocycles. The molecule has 4 heteroatoms. The molecule has 2 rings (SSSR count). The average molecular weight is 267 g/mol. The fourth-order valence-electron chi connectivity index (χ4n) is 1.53. The molecule has 1 aromatic carbocycles. The Bertz CT molecular complexity index is 479. The number of benzene rings is 1. The van der Waals surface area contributed by atoms with Crippen LogP contribution in [0.3, 0.4) is 0 Å². The number of halogens is 1. The minimum atomic E-state index is 0.255. The number of phenolic OH excluding ortho intramolecular Hbond substituents is 1. The van der Waals surface area contributed by atoms with Gasteiger partial charge in [0, 0.05) is 6.54 Å². The monoisotopic (exact) mass is 266 g/mol. The predicted molar refractivity (Wildman–Crippen MR) is 62.7 cm³/mol. The lowest BCUT2D eigenvalue weighted by Crippen LogP contribution is -1.97. The van der Waals surface area contributed by atoms with Gasteiger partial charge in [0.05, 0.1) is 11.8 Å². The summed E-state index contributed by atoms with van der Waals surface area (Å²) in [4.78, 5) is 4.27. The van der Waals surface area contributed by atoms with Crippen molar-refractivity contribution in [3.05, 3.63) is 35.1 Å². The minimum Gasteiger partial charge on any atom is -0.507 e. The number of para-hydroxylation sites is 1. The Balaban J connectivity index is 2.59. The third kappa shape index (κ3) is 1.77. The maximum atomic E-state index is 9.72. The molecule has 0 unspecified atom stereocenters. The van der Waals surface area contributed by atoms with Crippen molar-refractivity contribution in [2.75, 3.05) is 0 Å². The first-order valence-electron chi connectivity index (χ1n) is 4.73. The fourth-order valence-corrected chi connectivity index (χ4v) is 2.05. The van der Waals surface area contributed by atoms with Crippen LogP contribution in [0, 0.1) is 0 Å². The summed E-state index contributed by atoms with van der Waals surface area (Å²) in [6.07, 6.45) is 1.74. The molecule has 0 radical (unpaired) electrons. The smallest absolute Gasteiger partial charge is 0.144 e. The highest BCUT2D eigenvalue weighted by Crippen LogP contribution is 2.29. The van der Waals surface area contributed by atoms with E-state index in [2.05, 4.69) is 20.9 Å². The number of nitrogens with zero attached hydrogens (tertiary/aromatic N) is 2. The zero-order valence-corrected chi connectivity index (χ0v) is 9.90. The highest BCUT2D eigenvalue weighted by molar-refractivity contribution is 9.10. The van der Waals surface area contributed by atoms with Crippen LogP contribution in [-0.4, -0.2) is 14.7 Å². The highest BCUT2D eigenvalue weighted by atomic mass is 79.9. The van der Waals surface area contributed by atoms with E-state index in [0.29, 0.717) is 0 Å². The number of hydrogen-bond donors (Lipinski definition) is 1. The van der Waals surface area contributed by atoms with Gasteiger partial charge in [-0.2, -0.15) is 0 Å². The molecule has 0 saturated heterocycles. The molecule has 0 amide bonds.